The van der Waals surface area contributed by atoms with Crippen LogP contribution in [0.2, 0.25) is 5.02 Å². The number of phenolic OH excluding ortho intramolecular Hbond substituents is 1. The van der Waals surface area contributed by atoms with E-state index in [9.17, 15) is 5.11 Å². The number of aliphatic hydroxyl groups is 1. The SMILES string of the molecule is OCCC1(CNCc2cccc(Cl)c2O)CCOC1. The van der Waals surface area contributed by atoms with Crippen LogP contribution in [0.3, 0.4) is 0 Å². The van der Waals surface area contributed by atoms with Crippen LogP contribution in [-0.2, 0) is 11.3 Å². The molecule has 4 nitrogen and oxygen atoms in total. The molecular weight excluding hydrogens is 266 g/mol. The van der Waals surface area contributed by atoms with Gasteiger partial charge in [-0.2, -0.15) is 0 Å². The summed E-state index contributed by atoms with van der Waals surface area (Å²) in [5, 5.41) is 22.7. The minimum absolute atomic E-state index is 0.0168. The Morgan fingerprint density at radius 2 is 2.26 bits per heavy atom. The number of para-hydroxylation sites is 1. The van der Waals surface area contributed by atoms with Gasteiger partial charge in [0.15, 0.2) is 0 Å². The van der Waals surface area contributed by atoms with Gasteiger partial charge in [-0.25, -0.2) is 0 Å². The standard InChI is InChI=1S/C14H20ClNO3/c15-12-3-1-2-11(13(12)18)8-16-9-14(4-6-17)5-7-19-10-14/h1-3,16-18H,4-10H2. The van der Waals surface area contributed by atoms with E-state index in [1.165, 1.54) is 0 Å². The van der Waals surface area contributed by atoms with Crippen molar-refractivity contribution in [3.8, 4) is 5.75 Å². The van der Waals surface area contributed by atoms with Crippen molar-refractivity contribution in [3.05, 3.63) is 28.8 Å². The molecule has 1 aliphatic heterocycles. The molecule has 0 aromatic heterocycles. The molecule has 1 atom stereocenters. The average molecular weight is 286 g/mol. The van der Waals surface area contributed by atoms with Crippen molar-refractivity contribution in [2.75, 3.05) is 26.4 Å². The van der Waals surface area contributed by atoms with Gasteiger partial charge in [-0.3, -0.25) is 0 Å². The summed E-state index contributed by atoms with van der Waals surface area (Å²) < 4.78 is 5.44. The largest absolute Gasteiger partial charge is 0.506 e. The van der Waals surface area contributed by atoms with Gasteiger partial charge in [0.25, 0.3) is 0 Å². The molecule has 0 bridgehead atoms. The Morgan fingerprint density at radius 1 is 1.42 bits per heavy atom. The molecule has 3 N–H and O–H groups in total. The summed E-state index contributed by atoms with van der Waals surface area (Å²) in [5.74, 6) is 0.135. The number of aromatic hydroxyl groups is 1. The van der Waals surface area contributed by atoms with E-state index in [0.717, 1.165) is 31.6 Å². The Kier molecular flexibility index (Phi) is 5.05. The zero-order valence-electron chi connectivity index (χ0n) is 10.9. The van der Waals surface area contributed by atoms with E-state index in [1.54, 1.807) is 6.07 Å². The lowest BCUT2D eigenvalue weighted by Crippen LogP contribution is -2.35. The molecule has 1 aromatic carbocycles. The van der Waals surface area contributed by atoms with Crippen molar-refractivity contribution >= 4 is 11.6 Å². The first kappa shape index (κ1) is 14.6. The minimum atomic E-state index is 0.0168. The van der Waals surface area contributed by atoms with Crippen molar-refractivity contribution in [2.24, 2.45) is 5.41 Å². The van der Waals surface area contributed by atoms with E-state index in [4.69, 9.17) is 21.4 Å². The van der Waals surface area contributed by atoms with Gasteiger partial charge in [0, 0.05) is 37.3 Å². The normalized spacial score (nSPS) is 22.8. The van der Waals surface area contributed by atoms with E-state index < -0.39 is 0 Å². The number of halogens is 1. The van der Waals surface area contributed by atoms with Gasteiger partial charge in [0.1, 0.15) is 5.75 Å². The second-order valence-electron chi connectivity index (χ2n) is 5.13. The molecule has 1 saturated heterocycles. The van der Waals surface area contributed by atoms with Crippen LogP contribution in [0.4, 0.5) is 0 Å². The van der Waals surface area contributed by atoms with Crippen LogP contribution in [0.15, 0.2) is 18.2 Å². The summed E-state index contributed by atoms with van der Waals surface area (Å²) in [6.07, 6.45) is 1.70. The molecule has 0 amide bonds. The third-order valence-corrected chi connectivity index (χ3v) is 4.02. The van der Waals surface area contributed by atoms with E-state index in [1.807, 2.05) is 12.1 Å². The number of rotatable bonds is 6. The molecule has 2 rings (SSSR count). The molecule has 5 heteroatoms. The van der Waals surface area contributed by atoms with Crippen molar-refractivity contribution in [1.82, 2.24) is 5.32 Å². The van der Waals surface area contributed by atoms with Gasteiger partial charge in [0.05, 0.1) is 11.6 Å². The predicted molar refractivity (Wildman–Crippen MR) is 74.4 cm³/mol. The molecule has 19 heavy (non-hydrogen) atoms. The van der Waals surface area contributed by atoms with Crippen molar-refractivity contribution in [1.29, 1.82) is 0 Å². The minimum Gasteiger partial charge on any atom is -0.506 e. The lowest BCUT2D eigenvalue weighted by atomic mass is 9.84. The molecule has 106 valence electrons. The highest BCUT2D eigenvalue weighted by Gasteiger charge is 2.33. The molecule has 0 radical (unpaired) electrons. The Hall–Kier alpha value is -0.810. The van der Waals surface area contributed by atoms with Gasteiger partial charge in [-0.15, -0.1) is 0 Å². The molecule has 0 saturated carbocycles. The van der Waals surface area contributed by atoms with E-state index >= 15 is 0 Å². The first-order valence-electron chi connectivity index (χ1n) is 6.53. The van der Waals surface area contributed by atoms with Gasteiger partial charge in [0.2, 0.25) is 0 Å². The van der Waals surface area contributed by atoms with E-state index in [-0.39, 0.29) is 17.8 Å². The molecular formula is C14H20ClNO3. The fraction of sp³-hybridized carbons (Fsp3) is 0.571. The first-order valence-corrected chi connectivity index (χ1v) is 6.90. The van der Waals surface area contributed by atoms with E-state index in [2.05, 4.69) is 5.32 Å². The number of benzene rings is 1. The number of nitrogens with one attached hydrogen (secondary N) is 1. The summed E-state index contributed by atoms with van der Waals surface area (Å²) in [6, 6.07) is 5.33. The summed E-state index contributed by atoms with van der Waals surface area (Å²) in [5.41, 5.74) is 0.800. The highest BCUT2D eigenvalue weighted by Crippen LogP contribution is 2.32. The summed E-state index contributed by atoms with van der Waals surface area (Å²) in [4.78, 5) is 0. The predicted octanol–water partition coefficient (Wildman–Crippen LogP) is 1.92. The number of ether oxygens (including phenoxy) is 1. The maximum absolute atomic E-state index is 9.82. The molecule has 1 unspecified atom stereocenters. The smallest absolute Gasteiger partial charge is 0.138 e. The van der Waals surface area contributed by atoms with Crippen LogP contribution in [0, 0.1) is 5.41 Å². The van der Waals surface area contributed by atoms with Crippen molar-refractivity contribution in [3.63, 3.8) is 0 Å². The molecule has 0 aliphatic carbocycles. The summed E-state index contributed by atoms with van der Waals surface area (Å²) in [6.45, 7) is 2.93. The topological polar surface area (TPSA) is 61.7 Å². The quantitative estimate of drug-likeness (QED) is 0.747. The maximum atomic E-state index is 9.82. The highest BCUT2D eigenvalue weighted by molar-refractivity contribution is 6.32. The number of phenols is 1. The van der Waals surface area contributed by atoms with Crippen LogP contribution in [-0.4, -0.2) is 36.6 Å². The van der Waals surface area contributed by atoms with Crippen LogP contribution >= 0.6 is 11.6 Å². The average Bonchev–Trinajstić information content (AvgIpc) is 2.84. The Balaban J connectivity index is 1.90. The highest BCUT2D eigenvalue weighted by atomic mass is 35.5. The van der Waals surface area contributed by atoms with Crippen molar-refractivity contribution in [2.45, 2.75) is 19.4 Å². The first-order chi connectivity index (χ1) is 9.17. The third-order valence-electron chi connectivity index (χ3n) is 3.71. The molecule has 1 aliphatic rings. The van der Waals surface area contributed by atoms with Gasteiger partial charge >= 0.3 is 0 Å². The Labute approximate surface area is 118 Å². The van der Waals surface area contributed by atoms with Crippen LogP contribution in [0.1, 0.15) is 18.4 Å². The van der Waals surface area contributed by atoms with Gasteiger partial charge < -0.3 is 20.3 Å². The van der Waals surface area contributed by atoms with Crippen LogP contribution in [0.5, 0.6) is 5.75 Å². The summed E-state index contributed by atoms with van der Waals surface area (Å²) in [7, 11) is 0. The van der Waals surface area contributed by atoms with E-state index in [0.29, 0.717) is 18.2 Å². The van der Waals surface area contributed by atoms with Gasteiger partial charge in [-0.1, -0.05) is 23.7 Å². The number of aliphatic hydroxyl groups excluding tert-OH is 1. The number of hydrogen-bond acceptors (Lipinski definition) is 4. The van der Waals surface area contributed by atoms with Crippen LogP contribution in [0.25, 0.3) is 0 Å². The third kappa shape index (κ3) is 3.60. The van der Waals surface area contributed by atoms with Crippen LogP contribution < -0.4 is 5.32 Å². The second-order valence-corrected chi connectivity index (χ2v) is 5.53. The van der Waals surface area contributed by atoms with Crippen molar-refractivity contribution < 1.29 is 14.9 Å². The Morgan fingerprint density at radius 3 is 2.95 bits per heavy atom. The molecule has 1 aromatic rings. The maximum Gasteiger partial charge on any atom is 0.138 e. The fourth-order valence-corrected chi connectivity index (χ4v) is 2.67. The lowest BCUT2D eigenvalue weighted by Gasteiger charge is -2.27. The Bertz CT molecular complexity index is 419. The zero-order valence-corrected chi connectivity index (χ0v) is 11.6. The zero-order chi connectivity index (χ0) is 13.7. The lowest BCUT2D eigenvalue weighted by molar-refractivity contribution is 0.124. The summed E-state index contributed by atoms with van der Waals surface area (Å²) >= 11 is 5.87. The molecule has 1 fully saturated rings. The van der Waals surface area contributed by atoms with Gasteiger partial charge in [-0.05, 0) is 18.9 Å². The second kappa shape index (κ2) is 6.57. The number of hydrogen-bond donors (Lipinski definition) is 3. The fourth-order valence-electron chi connectivity index (χ4n) is 2.48. The molecule has 1 heterocycles. The monoisotopic (exact) mass is 285 g/mol. The molecule has 0 spiro atoms.